The van der Waals surface area contributed by atoms with Gasteiger partial charge in [-0.3, -0.25) is 0 Å². The maximum Gasteiger partial charge on any atom is 0.416 e. The smallest absolute Gasteiger partial charge is 0.416 e. The van der Waals surface area contributed by atoms with E-state index < -0.39 is 35.4 Å². The van der Waals surface area contributed by atoms with Crippen molar-refractivity contribution in [3.05, 3.63) is 71.7 Å². The molecule has 2 aromatic carbocycles. The van der Waals surface area contributed by atoms with Crippen LogP contribution in [0.5, 0.6) is 0 Å². The maximum atomic E-state index is 13.8. The summed E-state index contributed by atoms with van der Waals surface area (Å²) in [5.41, 5.74) is 6.27. The molecule has 0 saturated heterocycles. The van der Waals surface area contributed by atoms with Crippen LogP contribution in [-0.2, 0) is 6.18 Å². The minimum Gasteiger partial charge on any atom is -0.446 e. The van der Waals surface area contributed by atoms with Crippen LogP contribution in [0.4, 0.5) is 45.3 Å². The molecule has 1 aliphatic heterocycles. The highest BCUT2D eigenvalue weighted by molar-refractivity contribution is 6.00. The number of halogens is 4. The van der Waals surface area contributed by atoms with Crippen molar-refractivity contribution in [2.45, 2.75) is 12.3 Å². The highest BCUT2D eigenvalue weighted by Gasteiger charge is 2.31. The van der Waals surface area contributed by atoms with E-state index in [0.29, 0.717) is 41.0 Å². The van der Waals surface area contributed by atoms with Crippen LogP contribution in [-0.4, -0.2) is 12.4 Å². The number of hydrogen-bond acceptors (Lipinski definition) is 5. The van der Waals surface area contributed by atoms with E-state index in [1.165, 1.54) is 12.6 Å². The Balaban J connectivity index is 1.43. The molecule has 0 spiro atoms. The van der Waals surface area contributed by atoms with Gasteiger partial charge in [-0.15, -0.1) is 0 Å². The summed E-state index contributed by atoms with van der Waals surface area (Å²) < 4.78 is 57.4. The summed E-state index contributed by atoms with van der Waals surface area (Å²) in [5, 5.41) is 4.51. The second-order valence-corrected chi connectivity index (χ2v) is 6.60. The summed E-state index contributed by atoms with van der Waals surface area (Å²) in [6.07, 6.45) is -2.17. The van der Waals surface area contributed by atoms with Crippen molar-refractivity contribution in [1.82, 2.24) is 0 Å². The molecule has 2 amide bonds. The Bertz CT molecular complexity index is 1140. The molecular formula is C20H15F4N5O2. The van der Waals surface area contributed by atoms with Gasteiger partial charge in [-0.25, -0.2) is 14.2 Å². The van der Waals surface area contributed by atoms with Crippen LogP contribution in [0.1, 0.15) is 17.3 Å². The first-order valence-electron chi connectivity index (χ1n) is 8.93. The number of carbonyl (C=O) groups excluding carboxylic acids is 1. The number of nitrogens with two attached hydrogens (primary N) is 1. The lowest BCUT2D eigenvalue weighted by Gasteiger charge is -2.29. The largest absolute Gasteiger partial charge is 0.446 e. The van der Waals surface area contributed by atoms with Crippen molar-refractivity contribution >= 4 is 35.3 Å². The van der Waals surface area contributed by atoms with Crippen molar-refractivity contribution in [1.29, 1.82) is 0 Å². The van der Waals surface area contributed by atoms with Crippen LogP contribution in [0.15, 0.2) is 64.2 Å². The van der Waals surface area contributed by atoms with Crippen LogP contribution in [0.25, 0.3) is 0 Å². The zero-order valence-corrected chi connectivity index (χ0v) is 15.7. The molecule has 4 N–H and O–H groups in total. The monoisotopic (exact) mass is 433 g/mol. The molecule has 0 saturated carbocycles. The molecule has 0 radical (unpaired) electrons. The number of furan rings is 1. The Morgan fingerprint density at radius 1 is 1.10 bits per heavy atom. The highest BCUT2D eigenvalue weighted by Crippen LogP contribution is 2.34. The predicted octanol–water partition coefficient (Wildman–Crippen LogP) is 5.22. The summed E-state index contributed by atoms with van der Waals surface area (Å²) in [6, 6.07) is 9.03. The first-order valence-corrected chi connectivity index (χ1v) is 8.93. The molecule has 1 unspecified atom stereocenters. The summed E-state index contributed by atoms with van der Waals surface area (Å²) in [4.78, 5) is 18.0. The van der Waals surface area contributed by atoms with Gasteiger partial charge in [-0.2, -0.15) is 13.2 Å². The van der Waals surface area contributed by atoms with E-state index in [1.807, 2.05) is 0 Å². The van der Waals surface area contributed by atoms with Crippen LogP contribution < -0.4 is 21.3 Å². The van der Waals surface area contributed by atoms with Crippen LogP contribution in [0, 0.1) is 5.82 Å². The minimum absolute atomic E-state index is 0.333. The lowest BCUT2D eigenvalue weighted by atomic mass is 10.2. The number of anilines is 3. The number of nitrogens with one attached hydrogen (secondary N) is 2. The van der Waals surface area contributed by atoms with E-state index in [2.05, 4.69) is 15.6 Å². The molecule has 160 valence electrons. The molecule has 0 bridgehead atoms. The van der Waals surface area contributed by atoms with Crippen LogP contribution >= 0.6 is 0 Å². The topological polar surface area (TPSA) is 95.9 Å². The number of nitrogens with zero attached hydrogens (tertiary/aromatic N) is 2. The van der Waals surface area contributed by atoms with Gasteiger partial charge in [0, 0.05) is 11.4 Å². The van der Waals surface area contributed by atoms with Crippen LogP contribution in [0.2, 0.25) is 0 Å². The van der Waals surface area contributed by atoms with Crippen molar-refractivity contribution in [2.24, 2.45) is 10.7 Å². The average molecular weight is 433 g/mol. The van der Waals surface area contributed by atoms with Gasteiger partial charge in [0.2, 0.25) is 5.88 Å². The number of amides is 2. The third-order valence-electron chi connectivity index (χ3n) is 4.56. The summed E-state index contributed by atoms with van der Waals surface area (Å²) >= 11 is 0. The number of benzene rings is 2. The maximum absolute atomic E-state index is 13.8. The number of fused-ring (bicyclic) bond motifs is 1. The van der Waals surface area contributed by atoms with E-state index >= 15 is 0 Å². The third-order valence-corrected chi connectivity index (χ3v) is 4.56. The lowest BCUT2D eigenvalue weighted by Crippen LogP contribution is -2.35. The quantitative estimate of drug-likeness (QED) is 0.494. The van der Waals surface area contributed by atoms with Gasteiger partial charge >= 0.3 is 12.2 Å². The molecular weight excluding hydrogens is 418 g/mol. The number of hydrogen-bond donors (Lipinski definition) is 3. The van der Waals surface area contributed by atoms with Gasteiger partial charge in [0.05, 0.1) is 23.1 Å². The summed E-state index contributed by atoms with van der Waals surface area (Å²) in [7, 11) is 0. The van der Waals surface area contributed by atoms with Gasteiger partial charge in [-0.1, -0.05) is 0 Å². The first kappa shape index (κ1) is 20.4. The molecule has 1 atom stereocenters. The Labute approximate surface area is 173 Å². The number of urea groups is 1. The molecule has 1 aromatic heterocycles. The molecule has 3 aromatic rings. The third kappa shape index (κ3) is 4.21. The Morgan fingerprint density at radius 2 is 1.84 bits per heavy atom. The van der Waals surface area contributed by atoms with Crippen LogP contribution in [0.3, 0.4) is 0 Å². The molecule has 0 fully saturated rings. The number of alkyl halides is 3. The van der Waals surface area contributed by atoms with Crippen molar-refractivity contribution in [3.63, 3.8) is 0 Å². The Hall–Kier alpha value is -3.86. The fourth-order valence-electron chi connectivity index (χ4n) is 3.00. The zero-order chi connectivity index (χ0) is 22.2. The Morgan fingerprint density at radius 3 is 2.55 bits per heavy atom. The Kier molecular flexibility index (Phi) is 5.11. The molecule has 2 heterocycles. The van der Waals surface area contributed by atoms with Gasteiger partial charge in [0.1, 0.15) is 18.3 Å². The predicted molar refractivity (Wildman–Crippen MR) is 107 cm³/mol. The van der Waals surface area contributed by atoms with Crippen molar-refractivity contribution < 1.29 is 26.8 Å². The molecule has 0 aliphatic carbocycles. The molecule has 4 rings (SSSR count). The van der Waals surface area contributed by atoms with Crippen molar-refractivity contribution in [2.75, 3.05) is 15.5 Å². The minimum atomic E-state index is -4.66. The SMILES string of the molecule is NC1c2ccoc2N=CN1c1ccc(NC(=O)Nc2cc(C(F)(F)F)ccc2F)cc1. The van der Waals surface area contributed by atoms with Gasteiger partial charge in [0.15, 0.2) is 0 Å². The molecule has 31 heavy (non-hydrogen) atoms. The summed E-state index contributed by atoms with van der Waals surface area (Å²) in [6.45, 7) is 0. The normalized spacial score (nSPS) is 15.5. The highest BCUT2D eigenvalue weighted by atomic mass is 19.4. The lowest BCUT2D eigenvalue weighted by molar-refractivity contribution is -0.137. The molecule has 11 heteroatoms. The fraction of sp³-hybridized carbons (Fsp3) is 0.100. The summed E-state index contributed by atoms with van der Waals surface area (Å²) in [5.74, 6) is -0.559. The van der Waals surface area contributed by atoms with Gasteiger partial charge < -0.3 is 25.7 Å². The van der Waals surface area contributed by atoms with E-state index in [-0.39, 0.29) is 0 Å². The second kappa shape index (κ2) is 7.76. The van der Waals surface area contributed by atoms with Gasteiger partial charge in [-0.05, 0) is 48.5 Å². The van der Waals surface area contributed by atoms with E-state index in [0.717, 1.165) is 0 Å². The number of aliphatic imine (C=N–C) groups is 1. The molecule has 7 nitrogen and oxygen atoms in total. The standard InChI is InChI=1S/C20H15F4N5O2/c21-15-6-1-11(20(22,23)24)9-16(15)28-19(30)27-12-2-4-13(5-3-12)29-10-26-18-14(17(29)25)7-8-31-18/h1-10,17H,25H2,(H2,27,28,30). The van der Waals surface area contributed by atoms with Crippen molar-refractivity contribution in [3.8, 4) is 0 Å². The first-order chi connectivity index (χ1) is 14.7. The number of carbonyl (C=O) groups is 1. The molecule has 1 aliphatic rings. The second-order valence-electron chi connectivity index (χ2n) is 6.60. The zero-order valence-electron chi connectivity index (χ0n) is 15.7. The number of rotatable bonds is 3. The van der Waals surface area contributed by atoms with Gasteiger partial charge in [0.25, 0.3) is 0 Å². The van der Waals surface area contributed by atoms with E-state index in [4.69, 9.17) is 10.2 Å². The fourth-order valence-corrected chi connectivity index (χ4v) is 3.00. The van der Waals surface area contributed by atoms with E-state index in [1.54, 1.807) is 35.2 Å². The average Bonchev–Trinajstić information content (AvgIpc) is 3.20. The van der Waals surface area contributed by atoms with E-state index in [9.17, 15) is 22.4 Å².